The second-order valence-corrected chi connectivity index (χ2v) is 5.71. The van der Waals surface area contributed by atoms with E-state index in [4.69, 9.17) is 16.3 Å². The monoisotopic (exact) mass is 376 g/mol. The van der Waals surface area contributed by atoms with Crippen LogP contribution in [0.15, 0.2) is 22.7 Å². The normalized spacial score (nSPS) is 10.0. The summed E-state index contributed by atoms with van der Waals surface area (Å²) in [6.07, 6.45) is 3.25. The lowest BCUT2D eigenvalue weighted by atomic mass is 10.2. The van der Waals surface area contributed by atoms with E-state index >= 15 is 0 Å². The smallest absolute Gasteiger partial charge is 0.276 e. The van der Waals surface area contributed by atoms with Gasteiger partial charge in [-0.05, 0) is 40.5 Å². The summed E-state index contributed by atoms with van der Waals surface area (Å²) in [5.41, 5.74) is 4.66. The number of carbonyl (C=O) groups is 2. The van der Waals surface area contributed by atoms with Gasteiger partial charge in [0.25, 0.3) is 5.91 Å². The molecule has 0 aliphatic carbocycles. The van der Waals surface area contributed by atoms with E-state index in [1.54, 1.807) is 18.2 Å². The van der Waals surface area contributed by atoms with Crippen LogP contribution in [-0.4, -0.2) is 18.4 Å². The van der Waals surface area contributed by atoms with E-state index in [1.807, 2.05) is 0 Å². The molecule has 0 radical (unpaired) electrons. The van der Waals surface area contributed by atoms with Crippen molar-refractivity contribution >= 4 is 39.3 Å². The number of amides is 2. The minimum absolute atomic E-state index is 0.199. The Morgan fingerprint density at radius 2 is 1.95 bits per heavy atom. The molecular weight excluding hydrogens is 360 g/mol. The molecule has 0 saturated heterocycles. The number of ether oxygens (including phenoxy) is 1. The third-order valence-corrected chi connectivity index (χ3v) is 3.46. The maximum absolute atomic E-state index is 11.5. The molecule has 0 aromatic heterocycles. The highest BCUT2D eigenvalue weighted by Gasteiger charge is 2.07. The van der Waals surface area contributed by atoms with E-state index in [-0.39, 0.29) is 12.5 Å². The molecule has 0 fully saturated rings. The number of rotatable bonds is 7. The Bertz CT molecular complexity index is 497. The average molecular weight is 378 g/mol. The van der Waals surface area contributed by atoms with E-state index in [2.05, 4.69) is 33.7 Å². The highest BCUT2D eigenvalue weighted by molar-refractivity contribution is 9.10. The van der Waals surface area contributed by atoms with Gasteiger partial charge in [-0.3, -0.25) is 20.4 Å². The lowest BCUT2D eigenvalue weighted by Gasteiger charge is -2.10. The lowest BCUT2D eigenvalue weighted by molar-refractivity contribution is -0.130. The molecule has 2 amide bonds. The minimum atomic E-state index is -0.430. The summed E-state index contributed by atoms with van der Waals surface area (Å²) in [6.45, 7) is 1.86. The van der Waals surface area contributed by atoms with Gasteiger partial charge in [-0.1, -0.05) is 31.4 Å². The molecule has 21 heavy (non-hydrogen) atoms. The SMILES string of the molecule is CCCCCC(=O)NNC(=O)COc1ccc(Cl)cc1Br. The fraction of sp³-hybridized carbons (Fsp3) is 0.429. The summed E-state index contributed by atoms with van der Waals surface area (Å²) < 4.78 is 5.97. The van der Waals surface area contributed by atoms with Crippen molar-refractivity contribution in [1.29, 1.82) is 0 Å². The largest absolute Gasteiger partial charge is 0.483 e. The zero-order valence-corrected chi connectivity index (χ0v) is 14.1. The Labute approximate surface area is 137 Å². The molecule has 0 saturated carbocycles. The Kier molecular flexibility index (Phi) is 8.15. The quantitative estimate of drug-likeness (QED) is 0.566. The number of hydrogen-bond acceptors (Lipinski definition) is 3. The van der Waals surface area contributed by atoms with Crippen LogP contribution in [0.5, 0.6) is 5.75 Å². The Balaban J connectivity index is 2.26. The molecule has 7 heteroatoms. The molecule has 0 aliphatic heterocycles. The van der Waals surface area contributed by atoms with Crippen molar-refractivity contribution in [2.75, 3.05) is 6.61 Å². The van der Waals surface area contributed by atoms with Gasteiger partial charge in [-0.25, -0.2) is 0 Å². The van der Waals surface area contributed by atoms with Gasteiger partial charge < -0.3 is 4.74 Å². The number of benzene rings is 1. The Morgan fingerprint density at radius 3 is 2.62 bits per heavy atom. The van der Waals surface area contributed by atoms with E-state index in [0.717, 1.165) is 19.3 Å². The number of hydrazine groups is 1. The van der Waals surface area contributed by atoms with Crippen molar-refractivity contribution in [2.24, 2.45) is 0 Å². The van der Waals surface area contributed by atoms with Crippen LogP contribution in [0.25, 0.3) is 0 Å². The molecule has 1 aromatic rings. The third kappa shape index (κ3) is 7.34. The average Bonchev–Trinajstić information content (AvgIpc) is 2.44. The fourth-order valence-corrected chi connectivity index (χ4v) is 2.31. The number of halogens is 2. The molecule has 0 aliphatic rings. The molecule has 2 N–H and O–H groups in total. The van der Waals surface area contributed by atoms with Crippen molar-refractivity contribution < 1.29 is 14.3 Å². The maximum atomic E-state index is 11.5. The second kappa shape index (κ2) is 9.63. The van der Waals surface area contributed by atoms with Crippen LogP contribution in [0.4, 0.5) is 0 Å². The number of unbranched alkanes of at least 4 members (excludes halogenated alkanes) is 2. The minimum Gasteiger partial charge on any atom is -0.483 e. The summed E-state index contributed by atoms with van der Waals surface area (Å²) in [5.74, 6) is -0.131. The second-order valence-electron chi connectivity index (χ2n) is 4.42. The molecule has 1 rings (SSSR count). The van der Waals surface area contributed by atoms with Crippen LogP contribution in [0.2, 0.25) is 5.02 Å². The summed E-state index contributed by atoms with van der Waals surface area (Å²) >= 11 is 9.09. The Morgan fingerprint density at radius 1 is 1.24 bits per heavy atom. The maximum Gasteiger partial charge on any atom is 0.276 e. The molecule has 0 bridgehead atoms. The van der Waals surface area contributed by atoms with Gasteiger partial charge in [0.2, 0.25) is 5.91 Å². The molecule has 5 nitrogen and oxygen atoms in total. The Hall–Kier alpha value is -1.27. The zero-order chi connectivity index (χ0) is 15.7. The van der Waals surface area contributed by atoms with Crippen LogP contribution in [-0.2, 0) is 9.59 Å². The van der Waals surface area contributed by atoms with Crippen molar-refractivity contribution in [2.45, 2.75) is 32.6 Å². The van der Waals surface area contributed by atoms with Gasteiger partial charge in [0.1, 0.15) is 5.75 Å². The fourth-order valence-electron chi connectivity index (χ4n) is 1.51. The van der Waals surface area contributed by atoms with Crippen LogP contribution >= 0.6 is 27.5 Å². The van der Waals surface area contributed by atoms with Crippen LogP contribution < -0.4 is 15.6 Å². The van der Waals surface area contributed by atoms with Crippen molar-refractivity contribution in [3.63, 3.8) is 0 Å². The van der Waals surface area contributed by atoms with E-state index in [0.29, 0.717) is 21.7 Å². The molecule has 0 unspecified atom stereocenters. The summed E-state index contributed by atoms with van der Waals surface area (Å²) in [5, 5.41) is 0.568. The first kappa shape index (κ1) is 17.8. The zero-order valence-electron chi connectivity index (χ0n) is 11.7. The molecule has 1 aromatic carbocycles. The van der Waals surface area contributed by atoms with Gasteiger partial charge in [0.05, 0.1) is 4.47 Å². The standard InChI is InChI=1S/C14H18BrClN2O3/c1-2-3-4-5-13(19)17-18-14(20)9-21-12-7-6-10(16)8-11(12)15/h6-8H,2-5,9H2,1H3,(H,17,19)(H,18,20). The third-order valence-electron chi connectivity index (χ3n) is 2.60. The number of nitrogens with one attached hydrogen (secondary N) is 2. The number of hydrogen-bond donors (Lipinski definition) is 2. The van der Waals surface area contributed by atoms with Gasteiger partial charge in [-0.15, -0.1) is 0 Å². The molecule has 0 spiro atoms. The van der Waals surface area contributed by atoms with Gasteiger partial charge in [0.15, 0.2) is 6.61 Å². The van der Waals surface area contributed by atoms with Crippen LogP contribution in [0.3, 0.4) is 0 Å². The van der Waals surface area contributed by atoms with Gasteiger partial charge in [0, 0.05) is 11.4 Å². The molecular formula is C14H18BrClN2O3. The van der Waals surface area contributed by atoms with Gasteiger partial charge >= 0.3 is 0 Å². The first-order chi connectivity index (χ1) is 10.0. The van der Waals surface area contributed by atoms with Crippen molar-refractivity contribution in [1.82, 2.24) is 10.9 Å². The summed E-state index contributed by atoms with van der Waals surface area (Å²) in [4.78, 5) is 22.9. The highest BCUT2D eigenvalue weighted by atomic mass is 79.9. The van der Waals surface area contributed by atoms with Crippen LogP contribution in [0.1, 0.15) is 32.6 Å². The summed E-state index contributed by atoms with van der Waals surface area (Å²) in [7, 11) is 0. The molecule has 0 atom stereocenters. The van der Waals surface area contributed by atoms with Crippen LogP contribution in [0, 0.1) is 0 Å². The molecule has 0 heterocycles. The van der Waals surface area contributed by atoms with E-state index in [9.17, 15) is 9.59 Å². The predicted molar refractivity (Wildman–Crippen MR) is 85.1 cm³/mol. The van der Waals surface area contributed by atoms with E-state index < -0.39 is 5.91 Å². The lowest BCUT2D eigenvalue weighted by Crippen LogP contribution is -2.43. The first-order valence-electron chi connectivity index (χ1n) is 6.68. The van der Waals surface area contributed by atoms with Gasteiger partial charge in [-0.2, -0.15) is 0 Å². The van der Waals surface area contributed by atoms with E-state index in [1.165, 1.54) is 0 Å². The first-order valence-corrected chi connectivity index (χ1v) is 7.85. The highest BCUT2D eigenvalue weighted by Crippen LogP contribution is 2.27. The summed E-state index contributed by atoms with van der Waals surface area (Å²) in [6, 6.07) is 4.99. The molecule has 116 valence electrons. The topological polar surface area (TPSA) is 67.4 Å². The predicted octanol–water partition coefficient (Wildman–Crippen LogP) is 3.21. The van der Waals surface area contributed by atoms with Crippen molar-refractivity contribution in [3.05, 3.63) is 27.7 Å². The number of carbonyl (C=O) groups excluding carboxylic acids is 2. The van der Waals surface area contributed by atoms with Crippen molar-refractivity contribution in [3.8, 4) is 5.75 Å².